The van der Waals surface area contributed by atoms with Crippen molar-refractivity contribution in [2.45, 2.75) is 13.0 Å². The molecular formula is C11H11NO4. The zero-order chi connectivity index (χ0) is 11.7. The minimum Gasteiger partial charge on any atom is -0.478 e. The number of oxazole rings is 1. The van der Waals surface area contributed by atoms with Gasteiger partial charge in [0.05, 0.1) is 5.56 Å². The molecule has 0 aliphatic heterocycles. The average Bonchev–Trinajstić information content (AvgIpc) is 2.70. The lowest BCUT2D eigenvalue weighted by Crippen LogP contribution is -1.94. The Hall–Kier alpha value is -1.88. The van der Waals surface area contributed by atoms with E-state index in [1.54, 1.807) is 13.2 Å². The molecular weight excluding hydrogens is 210 g/mol. The first kappa shape index (κ1) is 10.6. The van der Waals surface area contributed by atoms with E-state index in [-0.39, 0.29) is 11.7 Å². The maximum absolute atomic E-state index is 10.8. The molecule has 2 rings (SSSR count). The first-order chi connectivity index (χ1) is 7.61. The molecule has 0 amide bonds. The van der Waals surface area contributed by atoms with Gasteiger partial charge in [0.25, 0.3) is 0 Å². The van der Waals surface area contributed by atoms with Crippen LogP contribution >= 0.6 is 0 Å². The van der Waals surface area contributed by atoms with Crippen molar-refractivity contribution in [3.63, 3.8) is 0 Å². The number of aromatic carboxylic acids is 1. The van der Waals surface area contributed by atoms with Gasteiger partial charge < -0.3 is 14.3 Å². The standard InChI is InChI=1S/C11H11NO4/c1-6(15-2)10-12-8-4-3-7(11(13)14)5-9(8)16-10/h3-6H,1-2H3,(H,13,14). The molecule has 0 saturated heterocycles. The number of hydrogen-bond donors (Lipinski definition) is 1. The Bertz CT molecular complexity index is 532. The van der Waals surface area contributed by atoms with Crippen LogP contribution in [0, 0.1) is 0 Å². The lowest BCUT2D eigenvalue weighted by molar-refractivity contribution is 0.0697. The third-order valence-electron chi connectivity index (χ3n) is 2.35. The number of carbonyl (C=O) groups is 1. The molecule has 1 atom stereocenters. The second-order valence-corrected chi connectivity index (χ2v) is 3.42. The Balaban J connectivity index is 2.49. The molecule has 0 radical (unpaired) electrons. The zero-order valence-corrected chi connectivity index (χ0v) is 8.93. The largest absolute Gasteiger partial charge is 0.478 e. The van der Waals surface area contributed by atoms with Crippen LogP contribution in [0.3, 0.4) is 0 Å². The van der Waals surface area contributed by atoms with Crippen molar-refractivity contribution in [2.24, 2.45) is 0 Å². The monoisotopic (exact) mass is 221 g/mol. The van der Waals surface area contributed by atoms with Gasteiger partial charge in [-0.2, -0.15) is 0 Å². The van der Waals surface area contributed by atoms with E-state index in [2.05, 4.69) is 4.98 Å². The van der Waals surface area contributed by atoms with Crippen molar-refractivity contribution in [1.82, 2.24) is 4.98 Å². The van der Waals surface area contributed by atoms with Gasteiger partial charge in [0.1, 0.15) is 11.6 Å². The van der Waals surface area contributed by atoms with E-state index in [0.717, 1.165) is 0 Å². The van der Waals surface area contributed by atoms with Crippen LogP contribution in [-0.4, -0.2) is 23.2 Å². The lowest BCUT2D eigenvalue weighted by Gasteiger charge is -2.01. The van der Waals surface area contributed by atoms with E-state index in [1.807, 2.05) is 6.92 Å². The normalized spacial score (nSPS) is 12.9. The summed E-state index contributed by atoms with van der Waals surface area (Å²) in [6, 6.07) is 4.57. The summed E-state index contributed by atoms with van der Waals surface area (Å²) in [7, 11) is 1.56. The number of rotatable bonds is 3. The molecule has 0 saturated carbocycles. The SMILES string of the molecule is COC(C)c1nc2ccc(C(=O)O)cc2o1. The van der Waals surface area contributed by atoms with Gasteiger partial charge in [0.15, 0.2) is 5.58 Å². The lowest BCUT2D eigenvalue weighted by atomic mass is 10.2. The Morgan fingerprint density at radius 3 is 2.94 bits per heavy atom. The molecule has 5 nitrogen and oxygen atoms in total. The van der Waals surface area contributed by atoms with Crippen molar-refractivity contribution in [1.29, 1.82) is 0 Å². The molecule has 0 aliphatic rings. The molecule has 1 aromatic heterocycles. The van der Waals surface area contributed by atoms with E-state index in [0.29, 0.717) is 17.0 Å². The maximum Gasteiger partial charge on any atom is 0.335 e. The van der Waals surface area contributed by atoms with Crippen LogP contribution in [0.2, 0.25) is 0 Å². The van der Waals surface area contributed by atoms with Crippen molar-refractivity contribution in [3.05, 3.63) is 29.7 Å². The summed E-state index contributed by atoms with van der Waals surface area (Å²) < 4.78 is 10.5. The van der Waals surface area contributed by atoms with Crippen molar-refractivity contribution in [3.8, 4) is 0 Å². The van der Waals surface area contributed by atoms with E-state index >= 15 is 0 Å². The number of carboxylic acids is 1. The molecule has 2 aromatic rings. The predicted octanol–water partition coefficient (Wildman–Crippen LogP) is 2.23. The van der Waals surface area contributed by atoms with Crippen molar-refractivity contribution >= 4 is 17.1 Å². The highest BCUT2D eigenvalue weighted by molar-refractivity contribution is 5.91. The van der Waals surface area contributed by atoms with Gasteiger partial charge in [-0.15, -0.1) is 0 Å². The Morgan fingerprint density at radius 1 is 1.56 bits per heavy atom. The molecule has 0 bridgehead atoms. The topological polar surface area (TPSA) is 72.6 Å². The molecule has 16 heavy (non-hydrogen) atoms. The summed E-state index contributed by atoms with van der Waals surface area (Å²) in [5.41, 5.74) is 1.27. The third-order valence-corrected chi connectivity index (χ3v) is 2.35. The summed E-state index contributed by atoms with van der Waals surface area (Å²) in [5, 5.41) is 8.82. The number of carboxylic acid groups (broad SMARTS) is 1. The predicted molar refractivity (Wildman–Crippen MR) is 56.4 cm³/mol. The van der Waals surface area contributed by atoms with Gasteiger partial charge >= 0.3 is 5.97 Å². The Labute approximate surface area is 91.7 Å². The van der Waals surface area contributed by atoms with Crippen molar-refractivity contribution in [2.75, 3.05) is 7.11 Å². The summed E-state index contributed by atoms with van der Waals surface area (Å²) in [5.74, 6) is -0.542. The molecule has 5 heteroatoms. The number of ether oxygens (including phenoxy) is 1. The smallest absolute Gasteiger partial charge is 0.335 e. The van der Waals surface area contributed by atoms with E-state index in [4.69, 9.17) is 14.3 Å². The van der Waals surface area contributed by atoms with Crippen LogP contribution in [-0.2, 0) is 4.74 Å². The van der Waals surface area contributed by atoms with Gasteiger partial charge in [0.2, 0.25) is 5.89 Å². The first-order valence-corrected chi connectivity index (χ1v) is 4.78. The quantitative estimate of drug-likeness (QED) is 0.860. The van der Waals surface area contributed by atoms with E-state index < -0.39 is 5.97 Å². The number of fused-ring (bicyclic) bond motifs is 1. The number of nitrogens with zero attached hydrogens (tertiary/aromatic N) is 1. The van der Waals surface area contributed by atoms with Gasteiger partial charge in [-0.1, -0.05) is 0 Å². The van der Waals surface area contributed by atoms with Gasteiger partial charge in [-0.05, 0) is 25.1 Å². The van der Waals surface area contributed by atoms with Crippen LogP contribution in [0.25, 0.3) is 11.1 Å². The van der Waals surface area contributed by atoms with Gasteiger partial charge in [-0.25, -0.2) is 9.78 Å². The zero-order valence-electron chi connectivity index (χ0n) is 8.93. The van der Waals surface area contributed by atoms with Crippen molar-refractivity contribution < 1.29 is 19.1 Å². The fourth-order valence-electron chi connectivity index (χ4n) is 1.35. The summed E-state index contributed by atoms with van der Waals surface area (Å²) in [6.07, 6.45) is -0.249. The maximum atomic E-state index is 10.8. The van der Waals surface area contributed by atoms with Crippen LogP contribution < -0.4 is 0 Å². The number of methoxy groups -OCH3 is 1. The minimum atomic E-state index is -0.986. The first-order valence-electron chi connectivity index (χ1n) is 4.78. The molecule has 84 valence electrons. The minimum absolute atomic E-state index is 0.181. The van der Waals surface area contributed by atoms with Gasteiger partial charge in [0, 0.05) is 7.11 Å². The second kappa shape index (κ2) is 3.94. The molecule has 0 fully saturated rings. The third kappa shape index (κ3) is 1.77. The summed E-state index contributed by atoms with van der Waals surface area (Å²) >= 11 is 0. The molecule has 0 spiro atoms. The fourth-order valence-corrected chi connectivity index (χ4v) is 1.35. The van der Waals surface area contributed by atoms with Crippen LogP contribution in [0.5, 0.6) is 0 Å². The number of aromatic nitrogens is 1. The Morgan fingerprint density at radius 2 is 2.31 bits per heavy atom. The molecule has 1 unspecified atom stereocenters. The highest BCUT2D eigenvalue weighted by atomic mass is 16.5. The van der Waals surface area contributed by atoms with Crippen LogP contribution in [0.15, 0.2) is 22.6 Å². The van der Waals surface area contributed by atoms with Crippen LogP contribution in [0.4, 0.5) is 0 Å². The number of hydrogen-bond acceptors (Lipinski definition) is 4. The van der Waals surface area contributed by atoms with E-state index in [9.17, 15) is 4.79 Å². The van der Waals surface area contributed by atoms with E-state index in [1.165, 1.54) is 12.1 Å². The second-order valence-electron chi connectivity index (χ2n) is 3.42. The molecule has 1 aromatic carbocycles. The average molecular weight is 221 g/mol. The Kier molecular flexibility index (Phi) is 2.62. The fraction of sp³-hybridized carbons (Fsp3) is 0.273. The summed E-state index contributed by atoms with van der Waals surface area (Å²) in [4.78, 5) is 15.0. The summed E-state index contributed by atoms with van der Waals surface area (Å²) in [6.45, 7) is 1.81. The molecule has 0 aliphatic carbocycles. The van der Waals surface area contributed by atoms with Crippen LogP contribution in [0.1, 0.15) is 29.3 Å². The number of benzene rings is 1. The molecule has 1 N–H and O–H groups in total. The molecule has 1 heterocycles. The highest BCUT2D eigenvalue weighted by Crippen LogP contribution is 2.22. The van der Waals surface area contributed by atoms with Gasteiger partial charge in [-0.3, -0.25) is 0 Å². The highest BCUT2D eigenvalue weighted by Gasteiger charge is 2.13.